The fourth-order valence-electron chi connectivity index (χ4n) is 4.98. The average molecular weight is 473 g/mol. The Kier molecular flexibility index (Phi) is 7.94. The van der Waals surface area contributed by atoms with Crippen molar-refractivity contribution in [3.05, 3.63) is 29.8 Å². The van der Waals surface area contributed by atoms with Crippen molar-refractivity contribution in [1.82, 2.24) is 4.90 Å². The SMILES string of the molecule is CC(C)(C)OC(=O)c1ccc(NC(=O)[C@H]2[C@@H](C3CCCCC3)CCN2C(=O)OC(C)(C)C)cc1. The summed E-state index contributed by atoms with van der Waals surface area (Å²) in [7, 11) is 0. The largest absolute Gasteiger partial charge is 0.456 e. The number of hydrogen-bond donors (Lipinski definition) is 1. The second kappa shape index (κ2) is 10.4. The molecule has 2 amide bonds. The highest BCUT2D eigenvalue weighted by Crippen LogP contribution is 2.39. The van der Waals surface area contributed by atoms with Gasteiger partial charge in [-0.2, -0.15) is 0 Å². The van der Waals surface area contributed by atoms with Crippen molar-refractivity contribution in [1.29, 1.82) is 0 Å². The minimum Gasteiger partial charge on any atom is -0.456 e. The monoisotopic (exact) mass is 472 g/mol. The Labute approximate surface area is 203 Å². The van der Waals surface area contributed by atoms with E-state index in [4.69, 9.17) is 9.47 Å². The smallest absolute Gasteiger partial charge is 0.410 e. The number of carbonyl (C=O) groups is 3. The van der Waals surface area contributed by atoms with Gasteiger partial charge in [0.25, 0.3) is 0 Å². The molecule has 1 saturated heterocycles. The van der Waals surface area contributed by atoms with Crippen molar-refractivity contribution in [2.75, 3.05) is 11.9 Å². The molecule has 0 radical (unpaired) electrons. The molecule has 0 spiro atoms. The molecular formula is C27H40N2O5. The third kappa shape index (κ3) is 6.97. The van der Waals surface area contributed by atoms with Gasteiger partial charge in [-0.25, -0.2) is 9.59 Å². The van der Waals surface area contributed by atoms with Gasteiger partial charge in [-0.1, -0.05) is 32.1 Å². The summed E-state index contributed by atoms with van der Waals surface area (Å²) in [6.07, 6.45) is 6.15. The Bertz CT molecular complexity index is 876. The molecule has 2 atom stereocenters. The normalized spacial score (nSPS) is 21.8. The molecule has 34 heavy (non-hydrogen) atoms. The van der Waals surface area contributed by atoms with Gasteiger partial charge in [0.2, 0.25) is 5.91 Å². The van der Waals surface area contributed by atoms with E-state index in [9.17, 15) is 14.4 Å². The lowest BCUT2D eigenvalue weighted by Crippen LogP contribution is -2.49. The molecular weight excluding hydrogens is 432 g/mol. The molecule has 1 aliphatic carbocycles. The molecule has 0 unspecified atom stereocenters. The third-order valence-corrected chi connectivity index (χ3v) is 6.38. The van der Waals surface area contributed by atoms with E-state index < -0.39 is 29.3 Å². The van der Waals surface area contributed by atoms with Gasteiger partial charge in [-0.3, -0.25) is 9.69 Å². The Morgan fingerprint density at radius 2 is 1.44 bits per heavy atom. The first-order valence-corrected chi connectivity index (χ1v) is 12.5. The maximum Gasteiger partial charge on any atom is 0.410 e. The highest BCUT2D eigenvalue weighted by atomic mass is 16.6. The molecule has 0 bridgehead atoms. The maximum absolute atomic E-state index is 13.5. The van der Waals surface area contributed by atoms with Crippen LogP contribution in [0.1, 0.15) is 90.4 Å². The van der Waals surface area contributed by atoms with E-state index >= 15 is 0 Å². The topological polar surface area (TPSA) is 84.9 Å². The summed E-state index contributed by atoms with van der Waals surface area (Å²) in [6.45, 7) is 11.5. The molecule has 2 aliphatic rings. The zero-order chi connectivity index (χ0) is 25.1. The highest BCUT2D eigenvalue weighted by molar-refractivity contribution is 5.98. The Balaban J connectivity index is 1.75. The van der Waals surface area contributed by atoms with Crippen LogP contribution in [0.15, 0.2) is 24.3 Å². The van der Waals surface area contributed by atoms with E-state index in [1.165, 1.54) is 19.3 Å². The molecule has 0 aromatic heterocycles. The number of nitrogens with zero attached hydrogens (tertiary/aromatic N) is 1. The molecule has 7 nitrogen and oxygen atoms in total. The quantitative estimate of drug-likeness (QED) is 0.561. The molecule has 1 aliphatic heterocycles. The second-order valence-corrected chi connectivity index (χ2v) is 11.5. The van der Waals surface area contributed by atoms with Crippen LogP contribution in [-0.4, -0.2) is 46.7 Å². The van der Waals surface area contributed by atoms with Gasteiger partial charge in [0.1, 0.15) is 17.2 Å². The van der Waals surface area contributed by atoms with Gasteiger partial charge in [0.05, 0.1) is 5.56 Å². The molecule has 1 aromatic carbocycles. The van der Waals surface area contributed by atoms with E-state index in [1.54, 1.807) is 29.2 Å². The summed E-state index contributed by atoms with van der Waals surface area (Å²) in [6, 6.07) is 6.10. The van der Waals surface area contributed by atoms with Crippen LogP contribution in [0.4, 0.5) is 10.5 Å². The minimum atomic E-state index is -0.626. The van der Waals surface area contributed by atoms with E-state index in [2.05, 4.69) is 5.32 Å². The molecule has 1 heterocycles. The molecule has 3 rings (SSSR count). The van der Waals surface area contributed by atoms with Gasteiger partial charge in [0.15, 0.2) is 0 Å². The number of anilines is 1. The number of likely N-dealkylation sites (tertiary alicyclic amines) is 1. The van der Waals surface area contributed by atoms with Crippen LogP contribution in [0.25, 0.3) is 0 Å². The number of esters is 1. The molecule has 1 aromatic rings. The van der Waals surface area contributed by atoms with E-state index in [0.29, 0.717) is 23.7 Å². The zero-order valence-electron chi connectivity index (χ0n) is 21.5. The van der Waals surface area contributed by atoms with Crippen LogP contribution < -0.4 is 5.32 Å². The number of hydrogen-bond acceptors (Lipinski definition) is 5. The van der Waals surface area contributed by atoms with Crippen LogP contribution in [0.2, 0.25) is 0 Å². The Morgan fingerprint density at radius 1 is 0.853 bits per heavy atom. The standard InChI is InChI=1S/C27H40N2O5/c1-26(2,3)33-24(31)19-12-14-20(15-13-19)28-23(30)22-21(18-10-8-7-9-11-18)16-17-29(22)25(32)34-27(4,5)6/h12-15,18,21-22H,7-11,16-17H2,1-6H3,(H,28,30)/t21-,22-/m1/s1. The summed E-state index contributed by atoms with van der Waals surface area (Å²) in [5, 5.41) is 2.97. The number of nitrogens with one attached hydrogen (secondary N) is 1. The van der Waals surface area contributed by atoms with Crippen molar-refractivity contribution in [2.45, 2.75) is 97.3 Å². The Morgan fingerprint density at radius 3 is 2.00 bits per heavy atom. The van der Waals surface area contributed by atoms with E-state index in [-0.39, 0.29) is 11.8 Å². The van der Waals surface area contributed by atoms with E-state index in [0.717, 1.165) is 19.3 Å². The van der Waals surface area contributed by atoms with Crippen LogP contribution >= 0.6 is 0 Å². The summed E-state index contributed by atoms with van der Waals surface area (Å²) >= 11 is 0. The predicted octanol–water partition coefficient (Wildman–Crippen LogP) is 5.79. The summed E-state index contributed by atoms with van der Waals surface area (Å²) in [5.74, 6) is -0.0566. The number of ether oxygens (including phenoxy) is 2. The fourth-order valence-corrected chi connectivity index (χ4v) is 4.98. The van der Waals surface area contributed by atoms with E-state index in [1.807, 2.05) is 41.5 Å². The van der Waals surface area contributed by atoms with Gasteiger partial charge in [0, 0.05) is 12.2 Å². The second-order valence-electron chi connectivity index (χ2n) is 11.5. The summed E-state index contributed by atoms with van der Waals surface area (Å²) in [5.41, 5.74) is -0.204. The molecule has 2 fully saturated rings. The number of amides is 2. The zero-order valence-corrected chi connectivity index (χ0v) is 21.5. The molecule has 188 valence electrons. The Hall–Kier alpha value is -2.57. The van der Waals surface area contributed by atoms with Crippen molar-refractivity contribution in [3.63, 3.8) is 0 Å². The van der Waals surface area contributed by atoms with Gasteiger partial charge >= 0.3 is 12.1 Å². The summed E-state index contributed by atoms with van der Waals surface area (Å²) in [4.78, 5) is 40.4. The lowest BCUT2D eigenvalue weighted by molar-refractivity contribution is -0.122. The molecule has 7 heteroatoms. The third-order valence-electron chi connectivity index (χ3n) is 6.38. The van der Waals surface area contributed by atoms with Crippen molar-refractivity contribution < 1.29 is 23.9 Å². The van der Waals surface area contributed by atoms with Gasteiger partial charge in [-0.05, 0) is 84.1 Å². The lowest BCUT2D eigenvalue weighted by atomic mass is 9.76. The van der Waals surface area contributed by atoms with Crippen molar-refractivity contribution in [2.24, 2.45) is 11.8 Å². The van der Waals surface area contributed by atoms with Gasteiger partial charge in [-0.15, -0.1) is 0 Å². The van der Waals surface area contributed by atoms with Crippen molar-refractivity contribution in [3.8, 4) is 0 Å². The fraction of sp³-hybridized carbons (Fsp3) is 0.667. The van der Waals surface area contributed by atoms with Crippen LogP contribution in [0, 0.1) is 11.8 Å². The lowest BCUT2D eigenvalue weighted by Gasteiger charge is -2.34. The first-order valence-electron chi connectivity index (χ1n) is 12.5. The minimum absolute atomic E-state index is 0.119. The molecule has 1 N–H and O–H groups in total. The number of benzene rings is 1. The molecule has 1 saturated carbocycles. The first-order chi connectivity index (χ1) is 15.8. The number of carbonyl (C=O) groups excluding carboxylic acids is 3. The first kappa shape index (κ1) is 26.0. The van der Waals surface area contributed by atoms with Crippen LogP contribution in [0.3, 0.4) is 0 Å². The average Bonchev–Trinajstić information content (AvgIpc) is 3.18. The van der Waals surface area contributed by atoms with Crippen LogP contribution in [-0.2, 0) is 14.3 Å². The van der Waals surface area contributed by atoms with Gasteiger partial charge < -0.3 is 14.8 Å². The maximum atomic E-state index is 13.5. The van der Waals surface area contributed by atoms with Crippen molar-refractivity contribution >= 4 is 23.7 Å². The highest BCUT2D eigenvalue weighted by Gasteiger charge is 2.46. The predicted molar refractivity (Wildman–Crippen MR) is 132 cm³/mol. The summed E-state index contributed by atoms with van der Waals surface area (Å²) < 4.78 is 11.0. The van der Waals surface area contributed by atoms with Crippen LogP contribution in [0.5, 0.6) is 0 Å². The number of rotatable bonds is 4.